The largest absolute Gasteiger partial charge is 0.395 e. The van der Waals surface area contributed by atoms with E-state index >= 15 is 0 Å². The van der Waals surface area contributed by atoms with Crippen LogP contribution in [0.1, 0.15) is 46.5 Å². The van der Waals surface area contributed by atoms with E-state index in [2.05, 4.69) is 12.2 Å². The van der Waals surface area contributed by atoms with Crippen LogP contribution in [0.5, 0.6) is 0 Å². The lowest BCUT2D eigenvalue weighted by Gasteiger charge is -2.44. The van der Waals surface area contributed by atoms with Gasteiger partial charge >= 0.3 is 0 Å². The van der Waals surface area contributed by atoms with E-state index in [1.54, 1.807) is 0 Å². The van der Waals surface area contributed by atoms with E-state index in [9.17, 15) is 5.21 Å². The van der Waals surface area contributed by atoms with Crippen molar-refractivity contribution in [3.8, 4) is 0 Å². The first-order valence-electron chi connectivity index (χ1n) is 6.98. The van der Waals surface area contributed by atoms with Crippen LogP contribution in [0.25, 0.3) is 0 Å². The maximum Gasteiger partial charge on any atom is 0.0975 e. The molecule has 0 aromatic heterocycles. The van der Waals surface area contributed by atoms with Crippen LogP contribution in [0.4, 0.5) is 0 Å². The lowest BCUT2D eigenvalue weighted by atomic mass is 9.89. The molecule has 0 spiro atoms. The van der Waals surface area contributed by atoms with Crippen LogP contribution in [-0.4, -0.2) is 52.4 Å². The quantitative estimate of drug-likeness (QED) is 0.256. The van der Waals surface area contributed by atoms with Gasteiger partial charge in [0.05, 0.1) is 18.9 Å². The molecule has 18 heavy (non-hydrogen) atoms. The first kappa shape index (κ1) is 17.8. The SMILES string of the molecule is CCCCCC(NCCO)(C(C)C)N(O)CCO. The fourth-order valence-corrected chi connectivity index (χ4v) is 2.31. The molecule has 0 aromatic carbocycles. The third-order valence-corrected chi connectivity index (χ3v) is 3.43. The van der Waals surface area contributed by atoms with Crippen molar-refractivity contribution in [1.29, 1.82) is 0 Å². The smallest absolute Gasteiger partial charge is 0.0975 e. The molecule has 0 amide bonds. The van der Waals surface area contributed by atoms with Gasteiger partial charge in [0.1, 0.15) is 0 Å². The fraction of sp³-hybridized carbons (Fsp3) is 1.00. The van der Waals surface area contributed by atoms with Crippen LogP contribution in [0.2, 0.25) is 0 Å². The van der Waals surface area contributed by atoms with E-state index in [1.165, 1.54) is 5.06 Å². The Balaban J connectivity index is 4.77. The second-order valence-corrected chi connectivity index (χ2v) is 5.03. The summed E-state index contributed by atoms with van der Waals surface area (Å²) in [5.41, 5.74) is -0.569. The third-order valence-electron chi connectivity index (χ3n) is 3.43. The minimum atomic E-state index is -0.569. The van der Waals surface area contributed by atoms with Gasteiger partial charge in [-0.2, -0.15) is 5.06 Å². The number of hydrogen-bond donors (Lipinski definition) is 4. The van der Waals surface area contributed by atoms with Gasteiger partial charge in [-0.25, -0.2) is 0 Å². The van der Waals surface area contributed by atoms with E-state index in [1.807, 2.05) is 13.8 Å². The molecule has 0 heterocycles. The summed E-state index contributed by atoms with van der Waals surface area (Å²) in [6, 6.07) is 0. The maximum absolute atomic E-state index is 10.2. The zero-order valence-electron chi connectivity index (χ0n) is 12.0. The summed E-state index contributed by atoms with van der Waals surface area (Å²) >= 11 is 0. The number of rotatable bonds is 11. The second-order valence-electron chi connectivity index (χ2n) is 5.03. The van der Waals surface area contributed by atoms with Gasteiger partial charge in [0.25, 0.3) is 0 Å². The van der Waals surface area contributed by atoms with Crippen LogP contribution in [0.3, 0.4) is 0 Å². The highest BCUT2D eigenvalue weighted by Gasteiger charge is 2.38. The average Bonchev–Trinajstić information content (AvgIpc) is 2.33. The van der Waals surface area contributed by atoms with E-state index in [0.29, 0.717) is 6.54 Å². The lowest BCUT2D eigenvalue weighted by molar-refractivity contribution is -0.210. The van der Waals surface area contributed by atoms with Crippen LogP contribution < -0.4 is 5.32 Å². The summed E-state index contributed by atoms with van der Waals surface area (Å²) < 4.78 is 0. The van der Waals surface area contributed by atoms with E-state index in [0.717, 1.165) is 25.7 Å². The number of unbranched alkanes of at least 4 members (excludes halogenated alkanes) is 2. The number of aliphatic hydroxyl groups is 2. The molecular formula is C13H30N2O3. The Morgan fingerprint density at radius 3 is 2.28 bits per heavy atom. The number of hydroxylamine groups is 2. The Labute approximate surface area is 111 Å². The predicted molar refractivity (Wildman–Crippen MR) is 72.4 cm³/mol. The highest BCUT2D eigenvalue weighted by atomic mass is 16.5. The molecule has 0 aliphatic heterocycles. The highest BCUT2D eigenvalue weighted by Crippen LogP contribution is 2.27. The molecule has 0 aromatic rings. The molecule has 0 radical (unpaired) electrons. The van der Waals surface area contributed by atoms with Gasteiger partial charge in [-0.3, -0.25) is 5.32 Å². The molecule has 4 N–H and O–H groups in total. The van der Waals surface area contributed by atoms with Gasteiger partial charge in [0.15, 0.2) is 0 Å². The van der Waals surface area contributed by atoms with Gasteiger partial charge in [-0.1, -0.05) is 40.0 Å². The number of aliphatic hydroxyl groups excluding tert-OH is 2. The molecule has 0 bridgehead atoms. The monoisotopic (exact) mass is 262 g/mol. The van der Waals surface area contributed by atoms with Gasteiger partial charge < -0.3 is 15.4 Å². The van der Waals surface area contributed by atoms with Crippen LogP contribution >= 0.6 is 0 Å². The summed E-state index contributed by atoms with van der Waals surface area (Å²) in [6.45, 7) is 6.82. The van der Waals surface area contributed by atoms with Crippen molar-refractivity contribution in [2.45, 2.75) is 52.1 Å². The Kier molecular flexibility index (Phi) is 9.59. The first-order valence-corrected chi connectivity index (χ1v) is 6.98. The summed E-state index contributed by atoms with van der Waals surface area (Å²) in [4.78, 5) is 0. The Hall–Kier alpha value is -0.200. The van der Waals surface area contributed by atoms with Crippen molar-refractivity contribution in [3.63, 3.8) is 0 Å². The average molecular weight is 262 g/mol. The van der Waals surface area contributed by atoms with Crippen LogP contribution in [0.15, 0.2) is 0 Å². The Bertz CT molecular complexity index is 203. The van der Waals surface area contributed by atoms with Crippen molar-refractivity contribution in [3.05, 3.63) is 0 Å². The van der Waals surface area contributed by atoms with Crippen LogP contribution in [0, 0.1) is 5.92 Å². The van der Waals surface area contributed by atoms with Crippen molar-refractivity contribution >= 4 is 0 Å². The third kappa shape index (κ3) is 5.20. The maximum atomic E-state index is 10.2. The summed E-state index contributed by atoms with van der Waals surface area (Å²) in [6.07, 6.45) is 4.05. The normalized spacial score (nSPS) is 15.3. The molecule has 0 saturated heterocycles. The molecule has 0 saturated carbocycles. The fourth-order valence-electron chi connectivity index (χ4n) is 2.31. The van der Waals surface area contributed by atoms with Crippen molar-refractivity contribution in [1.82, 2.24) is 10.4 Å². The minimum absolute atomic E-state index is 0.0369. The molecule has 0 fully saturated rings. The van der Waals surface area contributed by atoms with E-state index in [-0.39, 0.29) is 25.7 Å². The molecule has 110 valence electrons. The topological polar surface area (TPSA) is 76.0 Å². The predicted octanol–water partition coefficient (Wildman–Crippen LogP) is 1.18. The van der Waals surface area contributed by atoms with Gasteiger partial charge in [0.2, 0.25) is 0 Å². The first-order chi connectivity index (χ1) is 8.55. The van der Waals surface area contributed by atoms with Crippen molar-refractivity contribution < 1.29 is 15.4 Å². The molecule has 1 atom stereocenters. The Morgan fingerprint density at radius 2 is 1.83 bits per heavy atom. The lowest BCUT2D eigenvalue weighted by Crippen LogP contribution is -2.62. The van der Waals surface area contributed by atoms with Crippen LogP contribution in [-0.2, 0) is 0 Å². The number of nitrogens with one attached hydrogen (secondary N) is 1. The number of hydrogen-bond acceptors (Lipinski definition) is 5. The molecule has 5 heteroatoms. The molecular weight excluding hydrogens is 232 g/mol. The molecule has 5 nitrogen and oxygen atoms in total. The molecule has 0 aliphatic carbocycles. The molecule has 0 rings (SSSR count). The summed E-state index contributed by atoms with van der Waals surface area (Å²) in [5.74, 6) is 0.178. The Morgan fingerprint density at radius 1 is 1.17 bits per heavy atom. The van der Waals surface area contributed by atoms with Gasteiger partial charge in [0, 0.05) is 13.1 Å². The van der Waals surface area contributed by atoms with E-state index in [4.69, 9.17) is 10.2 Å². The number of nitrogens with zero attached hydrogens (tertiary/aromatic N) is 1. The van der Waals surface area contributed by atoms with Crippen molar-refractivity contribution in [2.24, 2.45) is 5.92 Å². The second kappa shape index (κ2) is 9.69. The standard InChI is InChI=1S/C13H30N2O3/c1-4-5-6-7-13(12(2)3,14-8-10-16)15(18)9-11-17/h12,14,16-18H,4-11H2,1-3H3. The zero-order valence-corrected chi connectivity index (χ0v) is 12.0. The molecule has 0 aliphatic rings. The van der Waals surface area contributed by atoms with Gasteiger partial charge in [-0.15, -0.1) is 0 Å². The summed E-state index contributed by atoms with van der Waals surface area (Å²) in [5, 5.41) is 32.6. The zero-order chi connectivity index (χ0) is 14.0. The summed E-state index contributed by atoms with van der Waals surface area (Å²) in [7, 11) is 0. The highest BCUT2D eigenvalue weighted by molar-refractivity contribution is 4.87. The van der Waals surface area contributed by atoms with Gasteiger partial charge in [-0.05, 0) is 12.3 Å². The van der Waals surface area contributed by atoms with Crippen molar-refractivity contribution in [2.75, 3.05) is 26.3 Å². The van der Waals surface area contributed by atoms with E-state index < -0.39 is 5.66 Å². The molecule has 1 unspecified atom stereocenters. The minimum Gasteiger partial charge on any atom is -0.395 e.